The van der Waals surface area contributed by atoms with Gasteiger partial charge in [0.1, 0.15) is 23.4 Å². The van der Waals surface area contributed by atoms with Gasteiger partial charge in [0.25, 0.3) is 0 Å². The summed E-state index contributed by atoms with van der Waals surface area (Å²) in [6.45, 7) is 0. The Morgan fingerprint density at radius 1 is 0.375 bits per heavy atom. The Kier molecular flexibility index (Phi) is 8.72. The van der Waals surface area contributed by atoms with Gasteiger partial charge in [-0.3, -0.25) is 0 Å². The van der Waals surface area contributed by atoms with E-state index >= 15 is 0 Å². The predicted octanol–water partition coefficient (Wildman–Crippen LogP) is 8.02. The van der Waals surface area contributed by atoms with Crippen molar-refractivity contribution in [3.05, 3.63) is 201 Å². The molecule has 2 aliphatic rings. The zero-order chi connectivity index (χ0) is 32.6. The fraction of sp³-hybridized carbons (Fsp3) is 0.100. The first kappa shape index (κ1) is 31.5. The molecule has 2 saturated heterocycles. The standard InChI is InChI=1S/C40H30B2Br2O4/c43-35-25-21-33(22-26-35)41-46-38-37(39(47-41,29-13-5-1-6-14-29)30-15-7-2-8-16-30)45-42(34-23-27-36(44)28-24-34)48-40(38,31-17-9-3-10-18-31)32-19-11-4-12-20-32/h1-28,37-38H/t37-,38-/m1/s1. The summed E-state index contributed by atoms with van der Waals surface area (Å²) in [6.07, 6.45) is -1.34. The second-order valence-corrected chi connectivity index (χ2v) is 13.9. The molecule has 0 bridgehead atoms. The molecule has 8 heteroatoms. The molecule has 2 aliphatic heterocycles. The first-order valence-electron chi connectivity index (χ1n) is 16.0. The van der Waals surface area contributed by atoms with Crippen LogP contribution in [0.25, 0.3) is 0 Å². The minimum absolute atomic E-state index is 0.670. The van der Waals surface area contributed by atoms with Crippen LogP contribution in [-0.4, -0.2) is 26.4 Å². The summed E-state index contributed by atoms with van der Waals surface area (Å²) in [5.74, 6) is 0. The van der Waals surface area contributed by atoms with Crippen LogP contribution < -0.4 is 10.9 Å². The van der Waals surface area contributed by atoms with Crippen LogP contribution in [0.2, 0.25) is 0 Å². The third-order valence-electron chi connectivity index (χ3n) is 9.30. The maximum Gasteiger partial charge on any atom is 0.495 e. The molecule has 0 amide bonds. The zero-order valence-corrected chi connectivity index (χ0v) is 29.0. The van der Waals surface area contributed by atoms with Crippen molar-refractivity contribution in [1.82, 2.24) is 0 Å². The molecule has 6 aromatic carbocycles. The van der Waals surface area contributed by atoms with E-state index in [1.54, 1.807) is 0 Å². The number of rotatable bonds is 6. The topological polar surface area (TPSA) is 36.9 Å². The average Bonchev–Trinajstić information content (AvgIpc) is 3.16. The lowest BCUT2D eigenvalue weighted by Crippen LogP contribution is -2.73. The smallest absolute Gasteiger partial charge is 0.398 e. The average molecular weight is 756 g/mol. The van der Waals surface area contributed by atoms with Crippen molar-refractivity contribution in [3.63, 3.8) is 0 Å². The van der Waals surface area contributed by atoms with E-state index in [4.69, 9.17) is 18.6 Å². The van der Waals surface area contributed by atoms with Crippen LogP contribution in [0.3, 0.4) is 0 Å². The van der Waals surface area contributed by atoms with Gasteiger partial charge in [0.05, 0.1) is 0 Å². The van der Waals surface area contributed by atoms with Crippen LogP contribution in [-0.2, 0) is 29.8 Å². The van der Waals surface area contributed by atoms with E-state index in [-0.39, 0.29) is 0 Å². The quantitative estimate of drug-likeness (QED) is 0.162. The number of halogens is 2. The van der Waals surface area contributed by atoms with Crippen LogP contribution in [0.15, 0.2) is 179 Å². The molecular formula is C40H30B2Br2O4. The van der Waals surface area contributed by atoms with E-state index in [0.717, 1.165) is 42.1 Å². The highest BCUT2D eigenvalue weighted by atomic mass is 79.9. The summed E-state index contributed by atoms with van der Waals surface area (Å²) in [7, 11) is -1.52. The number of benzene rings is 6. The molecular weight excluding hydrogens is 726 g/mol. The van der Waals surface area contributed by atoms with Crippen LogP contribution in [0.1, 0.15) is 22.3 Å². The van der Waals surface area contributed by atoms with Crippen molar-refractivity contribution in [2.75, 3.05) is 0 Å². The summed E-state index contributed by atoms with van der Waals surface area (Å²) in [5.41, 5.74) is 3.42. The molecule has 234 valence electrons. The SMILES string of the molecule is Brc1ccc(B2O[C@@H]3[C@@H](OB(c4ccc(Br)cc4)OC3(c3ccccc3)c3ccccc3)C(c3ccccc3)(c3ccccc3)O2)cc1. The van der Waals surface area contributed by atoms with Gasteiger partial charge in [-0.25, -0.2) is 0 Å². The second-order valence-electron chi connectivity index (χ2n) is 12.1. The number of fused-ring (bicyclic) bond motifs is 1. The van der Waals surface area contributed by atoms with Gasteiger partial charge in [0.2, 0.25) is 0 Å². The second kappa shape index (κ2) is 13.3. The molecule has 2 heterocycles. The van der Waals surface area contributed by atoms with Crippen molar-refractivity contribution in [2.45, 2.75) is 23.4 Å². The van der Waals surface area contributed by atoms with E-state index in [1.807, 2.05) is 72.8 Å². The molecule has 0 saturated carbocycles. The molecule has 0 radical (unpaired) electrons. The van der Waals surface area contributed by atoms with E-state index in [2.05, 4.69) is 129 Å². The fourth-order valence-electron chi connectivity index (χ4n) is 7.09. The highest BCUT2D eigenvalue weighted by molar-refractivity contribution is 9.10. The van der Waals surface area contributed by atoms with Gasteiger partial charge in [0, 0.05) is 8.95 Å². The summed E-state index contributed by atoms with van der Waals surface area (Å²) < 4.78 is 31.2. The highest BCUT2D eigenvalue weighted by Crippen LogP contribution is 2.53. The molecule has 2 fully saturated rings. The van der Waals surface area contributed by atoms with E-state index < -0.39 is 37.6 Å². The van der Waals surface area contributed by atoms with E-state index in [0.29, 0.717) is 0 Å². The molecule has 6 aromatic rings. The van der Waals surface area contributed by atoms with Crippen molar-refractivity contribution < 1.29 is 18.6 Å². The number of hydrogen-bond donors (Lipinski definition) is 0. The monoisotopic (exact) mass is 754 g/mol. The van der Waals surface area contributed by atoms with Crippen molar-refractivity contribution in [1.29, 1.82) is 0 Å². The van der Waals surface area contributed by atoms with Gasteiger partial charge in [-0.1, -0.05) is 177 Å². The normalized spacial score (nSPS) is 19.8. The maximum atomic E-state index is 7.38. The molecule has 0 unspecified atom stereocenters. The Morgan fingerprint density at radius 3 is 0.917 bits per heavy atom. The third kappa shape index (κ3) is 5.51. The van der Waals surface area contributed by atoms with Gasteiger partial charge in [-0.05, 0) is 57.4 Å². The molecule has 4 nitrogen and oxygen atoms in total. The molecule has 2 atom stereocenters. The van der Waals surface area contributed by atoms with Gasteiger partial charge in [-0.15, -0.1) is 0 Å². The molecule has 0 aromatic heterocycles. The number of hydrogen-bond acceptors (Lipinski definition) is 4. The lowest BCUT2D eigenvalue weighted by Gasteiger charge is -2.59. The lowest BCUT2D eigenvalue weighted by molar-refractivity contribution is -0.210. The third-order valence-corrected chi connectivity index (χ3v) is 10.4. The largest absolute Gasteiger partial charge is 0.495 e. The van der Waals surface area contributed by atoms with Crippen LogP contribution >= 0.6 is 31.9 Å². The summed E-state index contributed by atoms with van der Waals surface area (Å²) in [6, 6.07) is 57.7. The molecule has 0 N–H and O–H groups in total. The molecule has 48 heavy (non-hydrogen) atoms. The van der Waals surface area contributed by atoms with E-state index in [9.17, 15) is 0 Å². The van der Waals surface area contributed by atoms with E-state index in [1.165, 1.54) is 0 Å². The Balaban J connectivity index is 1.45. The van der Waals surface area contributed by atoms with Gasteiger partial charge < -0.3 is 18.6 Å². The Labute approximate surface area is 298 Å². The summed E-state index contributed by atoms with van der Waals surface area (Å²) in [4.78, 5) is 0. The van der Waals surface area contributed by atoms with Crippen molar-refractivity contribution in [3.8, 4) is 0 Å². The highest BCUT2D eigenvalue weighted by Gasteiger charge is 2.66. The first-order valence-corrected chi connectivity index (χ1v) is 17.6. The van der Waals surface area contributed by atoms with Crippen molar-refractivity contribution in [2.24, 2.45) is 0 Å². The fourth-order valence-corrected chi connectivity index (χ4v) is 7.62. The summed E-state index contributed by atoms with van der Waals surface area (Å²) >= 11 is 7.22. The Hall–Kier alpha value is -3.75. The molecule has 0 spiro atoms. The van der Waals surface area contributed by atoms with Gasteiger partial charge in [0.15, 0.2) is 0 Å². The Bertz CT molecular complexity index is 1740. The lowest BCUT2D eigenvalue weighted by atomic mass is 9.62. The van der Waals surface area contributed by atoms with Crippen LogP contribution in [0.5, 0.6) is 0 Å². The molecule has 0 aliphatic carbocycles. The van der Waals surface area contributed by atoms with Gasteiger partial charge in [-0.2, -0.15) is 0 Å². The van der Waals surface area contributed by atoms with Crippen molar-refractivity contribution >= 4 is 57.0 Å². The zero-order valence-electron chi connectivity index (χ0n) is 25.9. The molecule has 8 rings (SSSR count). The maximum absolute atomic E-state index is 7.38. The van der Waals surface area contributed by atoms with Crippen LogP contribution in [0, 0.1) is 0 Å². The van der Waals surface area contributed by atoms with Crippen LogP contribution in [0.4, 0.5) is 0 Å². The first-order chi connectivity index (χ1) is 23.6. The minimum Gasteiger partial charge on any atom is -0.398 e. The summed E-state index contributed by atoms with van der Waals surface area (Å²) in [5, 5.41) is 0. The Morgan fingerprint density at radius 2 is 0.646 bits per heavy atom. The minimum atomic E-state index is -1.10. The van der Waals surface area contributed by atoms with Gasteiger partial charge >= 0.3 is 14.2 Å². The predicted molar refractivity (Wildman–Crippen MR) is 198 cm³/mol.